The standard InChI is InChI=1S/C13H18N2OS/c1-13(16,12-4-6-17-9-12)10-14-7-11-3-5-15(2)8-11/h3-6,8-9,14,16H,7,10H2,1-2H3. The molecule has 92 valence electrons. The first-order valence-electron chi connectivity index (χ1n) is 5.64. The van der Waals surface area contributed by atoms with Crippen LogP contribution in [0.25, 0.3) is 0 Å². The molecule has 2 N–H and O–H groups in total. The Morgan fingerprint density at radius 2 is 2.29 bits per heavy atom. The van der Waals surface area contributed by atoms with Crippen molar-refractivity contribution in [1.82, 2.24) is 9.88 Å². The van der Waals surface area contributed by atoms with Gasteiger partial charge in [-0.05, 0) is 40.9 Å². The summed E-state index contributed by atoms with van der Waals surface area (Å²) in [5.74, 6) is 0. The molecular weight excluding hydrogens is 232 g/mol. The molecule has 0 aliphatic rings. The zero-order chi connectivity index (χ0) is 12.3. The average Bonchev–Trinajstić information content (AvgIpc) is 2.89. The fourth-order valence-corrected chi connectivity index (χ4v) is 2.57. The summed E-state index contributed by atoms with van der Waals surface area (Å²) in [7, 11) is 2.00. The number of nitrogens with zero attached hydrogens (tertiary/aromatic N) is 1. The van der Waals surface area contributed by atoms with Crippen LogP contribution in [-0.4, -0.2) is 16.2 Å². The quantitative estimate of drug-likeness (QED) is 0.852. The maximum absolute atomic E-state index is 10.3. The fourth-order valence-electron chi connectivity index (χ4n) is 1.79. The summed E-state index contributed by atoms with van der Waals surface area (Å²) in [4.78, 5) is 0. The molecule has 0 radical (unpaired) electrons. The maximum atomic E-state index is 10.3. The number of aromatic nitrogens is 1. The molecule has 3 nitrogen and oxygen atoms in total. The molecule has 0 bridgehead atoms. The Kier molecular flexibility index (Phi) is 3.66. The largest absolute Gasteiger partial charge is 0.384 e. The van der Waals surface area contributed by atoms with Crippen molar-refractivity contribution in [2.24, 2.45) is 7.05 Å². The third-order valence-corrected chi connectivity index (χ3v) is 3.52. The van der Waals surface area contributed by atoms with E-state index in [0.29, 0.717) is 6.54 Å². The second kappa shape index (κ2) is 5.04. The van der Waals surface area contributed by atoms with Crippen LogP contribution < -0.4 is 5.32 Å². The molecule has 0 saturated heterocycles. The fraction of sp³-hybridized carbons (Fsp3) is 0.385. The Labute approximate surface area is 106 Å². The van der Waals surface area contributed by atoms with Crippen molar-refractivity contribution < 1.29 is 5.11 Å². The van der Waals surface area contributed by atoms with Gasteiger partial charge in [0.15, 0.2) is 0 Å². The molecule has 1 atom stereocenters. The van der Waals surface area contributed by atoms with Crippen molar-refractivity contribution >= 4 is 11.3 Å². The smallest absolute Gasteiger partial charge is 0.1000 e. The van der Waals surface area contributed by atoms with Gasteiger partial charge in [-0.15, -0.1) is 0 Å². The molecule has 2 rings (SSSR count). The van der Waals surface area contributed by atoms with Gasteiger partial charge in [0.05, 0.1) is 5.60 Å². The van der Waals surface area contributed by atoms with Crippen LogP contribution in [0.1, 0.15) is 18.1 Å². The van der Waals surface area contributed by atoms with Gasteiger partial charge < -0.3 is 15.0 Å². The Balaban J connectivity index is 1.86. The lowest BCUT2D eigenvalue weighted by Gasteiger charge is -2.22. The molecule has 0 aliphatic carbocycles. The number of nitrogens with one attached hydrogen (secondary N) is 1. The van der Waals surface area contributed by atoms with E-state index in [4.69, 9.17) is 0 Å². The van der Waals surface area contributed by atoms with Gasteiger partial charge >= 0.3 is 0 Å². The summed E-state index contributed by atoms with van der Waals surface area (Å²) < 4.78 is 2.02. The highest BCUT2D eigenvalue weighted by Crippen LogP contribution is 2.22. The van der Waals surface area contributed by atoms with Gasteiger partial charge in [-0.1, -0.05) is 0 Å². The van der Waals surface area contributed by atoms with Gasteiger partial charge in [0.2, 0.25) is 0 Å². The third-order valence-electron chi connectivity index (χ3n) is 2.83. The normalized spacial score (nSPS) is 14.8. The molecule has 17 heavy (non-hydrogen) atoms. The molecule has 2 aromatic heterocycles. The summed E-state index contributed by atoms with van der Waals surface area (Å²) in [5.41, 5.74) is 1.41. The minimum Gasteiger partial charge on any atom is -0.384 e. The Hall–Kier alpha value is -1.10. The summed E-state index contributed by atoms with van der Waals surface area (Å²) in [6, 6.07) is 4.04. The molecule has 0 amide bonds. The van der Waals surface area contributed by atoms with Crippen molar-refractivity contribution in [1.29, 1.82) is 0 Å². The first-order chi connectivity index (χ1) is 8.08. The van der Waals surface area contributed by atoms with Gasteiger partial charge in [-0.3, -0.25) is 0 Å². The Bertz CT molecular complexity index is 459. The summed E-state index contributed by atoms with van der Waals surface area (Å²) >= 11 is 1.61. The summed E-state index contributed by atoms with van der Waals surface area (Å²) in [6.45, 7) is 3.17. The van der Waals surface area contributed by atoms with Crippen LogP contribution in [0.2, 0.25) is 0 Å². The third kappa shape index (κ3) is 3.19. The van der Waals surface area contributed by atoms with Gasteiger partial charge in [0.25, 0.3) is 0 Å². The van der Waals surface area contributed by atoms with Crippen molar-refractivity contribution in [3.63, 3.8) is 0 Å². The average molecular weight is 250 g/mol. The second-order valence-corrected chi connectivity index (χ2v) is 5.35. The van der Waals surface area contributed by atoms with Crippen LogP contribution >= 0.6 is 11.3 Å². The van der Waals surface area contributed by atoms with E-state index in [1.807, 2.05) is 41.6 Å². The lowest BCUT2D eigenvalue weighted by Crippen LogP contribution is -2.34. The highest BCUT2D eigenvalue weighted by Gasteiger charge is 2.22. The molecule has 2 heterocycles. The molecule has 0 spiro atoms. The number of aliphatic hydroxyl groups is 1. The van der Waals surface area contributed by atoms with Crippen LogP contribution in [0.4, 0.5) is 0 Å². The number of thiophene rings is 1. The van der Waals surface area contributed by atoms with Crippen LogP contribution in [0.3, 0.4) is 0 Å². The molecule has 2 aromatic rings. The highest BCUT2D eigenvalue weighted by atomic mass is 32.1. The van der Waals surface area contributed by atoms with Crippen molar-refractivity contribution in [3.05, 3.63) is 46.4 Å². The highest BCUT2D eigenvalue weighted by molar-refractivity contribution is 7.08. The summed E-state index contributed by atoms with van der Waals surface area (Å²) in [6.07, 6.45) is 4.10. The summed E-state index contributed by atoms with van der Waals surface area (Å²) in [5, 5.41) is 17.6. The van der Waals surface area contributed by atoms with Crippen molar-refractivity contribution in [2.75, 3.05) is 6.54 Å². The first kappa shape index (κ1) is 12.4. The molecule has 0 saturated carbocycles. The van der Waals surface area contributed by atoms with Crippen LogP contribution in [0.5, 0.6) is 0 Å². The Morgan fingerprint density at radius 1 is 1.47 bits per heavy atom. The second-order valence-electron chi connectivity index (χ2n) is 4.57. The monoisotopic (exact) mass is 250 g/mol. The van der Waals surface area contributed by atoms with Crippen LogP contribution in [0, 0.1) is 0 Å². The molecule has 0 aromatic carbocycles. The van der Waals surface area contributed by atoms with E-state index in [-0.39, 0.29) is 0 Å². The van der Waals surface area contributed by atoms with E-state index in [1.165, 1.54) is 5.56 Å². The number of rotatable bonds is 5. The number of hydrogen-bond donors (Lipinski definition) is 2. The van der Waals surface area contributed by atoms with E-state index in [1.54, 1.807) is 11.3 Å². The van der Waals surface area contributed by atoms with E-state index in [9.17, 15) is 5.11 Å². The van der Waals surface area contributed by atoms with E-state index in [0.717, 1.165) is 12.1 Å². The van der Waals surface area contributed by atoms with Crippen molar-refractivity contribution in [3.8, 4) is 0 Å². The zero-order valence-corrected chi connectivity index (χ0v) is 11.0. The van der Waals surface area contributed by atoms with E-state index < -0.39 is 5.60 Å². The number of hydrogen-bond acceptors (Lipinski definition) is 3. The van der Waals surface area contributed by atoms with Gasteiger partial charge in [0.1, 0.15) is 0 Å². The molecule has 1 unspecified atom stereocenters. The molecular formula is C13H18N2OS. The minimum atomic E-state index is -0.797. The molecule has 0 aliphatic heterocycles. The lowest BCUT2D eigenvalue weighted by molar-refractivity contribution is 0.0571. The SMILES string of the molecule is Cn1ccc(CNCC(C)(O)c2ccsc2)c1. The predicted octanol–water partition coefficient (Wildman–Crippen LogP) is 2.08. The lowest BCUT2D eigenvalue weighted by atomic mass is 9.99. The van der Waals surface area contributed by atoms with Crippen LogP contribution in [-0.2, 0) is 19.2 Å². The number of aryl methyl sites for hydroxylation is 1. The van der Waals surface area contributed by atoms with E-state index >= 15 is 0 Å². The zero-order valence-electron chi connectivity index (χ0n) is 10.2. The minimum absolute atomic E-state index is 0.554. The van der Waals surface area contributed by atoms with Crippen molar-refractivity contribution in [2.45, 2.75) is 19.1 Å². The van der Waals surface area contributed by atoms with E-state index in [2.05, 4.69) is 17.6 Å². The molecule has 4 heteroatoms. The molecule has 0 fully saturated rings. The van der Waals surface area contributed by atoms with Crippen LogP contribution in [0.15, 0.2) is 35.3 Å². The van der Waals surface area contributed by atoms with Gasteiger partial charge in [-0.2, -0.15) is 11.3 Å². The maximum Gasteiger partial charge on any atom is 0.1000 e. The topological polar surface area (TPSA) is 37.2 Å². The van der Waals surface area contributed by atoms with Gasteiger partial charge in [-0.25, -0.2) is 0 Å². The van der Waals surface area contributed by atoms with Gasteiger partial charge in [0, 0.05) is 32.5 Å². The predicted molar refractivity (Wildman–Crippen MR) is 71.0 cm³/mol. The first-order valence-corrected chi connectivity index (χ1v) is 6.59. The Morgan fingerprint density at radius 3 is 2.88 bits per heavy atom.